The van der Waals surface area contributed by atoms with Gasteiger partial charge in [0.2, 0.25) is 5.79 Å². The monoisotopic (exact) mass is 958 g/mol. The van der Waals surface area contributed by atoms with E-state index in [2.05, 4.69) is 0 Å². The highest BCUT2D eigenvalue weighted by Gasteiger charge is 2.53. The fourth-order valence-corrected chi connectivity index (χ4v) is 10.5. The number of cyclic esters (lactones) is 1. The zero-order chi connectivity index (χ0) is 50.3. The Bertz CT molecular complexity index is 1810. The molecule has 384 valence electrons. The first-order chi connectivity index (χ1) is 32.3. The van der Waals surface area contributed by atoms with Gasteiger partial charge in [-0.25, -0.2) is 4.79 Å². The fraction of sp³-hybridized carbons (Fsp3) is 0.755. The van der Waals surface area contributed by atoms with Crippen molar-refractivity contribution < 1.29 is 67.7 Å². The zero-order valence-corrected chi connectivity index (χ0v) is 42.4. The number of Topliss-reactive ketones (excluding diaryl/α,β-unsaturated/α-hetero) is 3. The number of aliphatic hydroxyl groups excluding tert-OH is 2. The van der Waals surface area contributed by atoms with Gasteiger partial charge in [0.1, 0.15) is 30.1 Å². The van der Waals surface area contributed by atoms with Crippen LogP contribution in [0.5, 0.6) is 0 Å². The summed E-state index contributed by atoms with van der Waals surface area (Å²) in [5.74, 6) is -7.96. The smallest absolute Gasteiger partial charge is 0.329 e. The number of methoxy groups -OCH3 is 3. The van der Waals surface area contributed by atoms with E-state index in [1.54, 1.807) is 41.1 Å². The van der Waals surface area contributed by atoms with Crippen molar-refractivity contribution >= 4 is 29.2 Å². The van der Waals surface area contributed by atoms with Gasteiger partial charge in [-0.05, 0) is 107 Å². The number of ether oxygens (including phenoxy) is 6. The molecule has 0 spiro atoms. The lowest BCUT2D eigenvalue weighted by atomic mass is 9.78. The molecule has 3 fully saturated rings. The van der Waals surface area contributed by atoms with Crippen LogP contribution < -0.4 is 0 Å². The first kappa shape index (κ1) is 57.2. The molecule has 2 saturated heterocycles. The number of esters is 1. The third-order valence-corrected chi connectivity index (χ3v) is 14.9. The van der Waals surface area contributed by atoms with Crippen LogP contribution in [0.15, 0.2) is 47.6 Å². The second-order valence-corrected chi connectivity index (χ2v) is 20.2. The molecular formula is C53H83NO14. The number of hydrogen-bond donors (Lipinski definition) is 3. The number of nitrogens with zero attached hydrogens (tertiary/aromatic N) is 1. The van der Waals surface area contributed by atoms with Crippen LogP contribution in [-0.4, -0.2) is 145 Å². The van der Waals surface area contributed by atoms with Crippen LogP contribution in [0.25, 0.3) is 0 Å². The fourth-order valence-electron chi connectivity index (χ4n) is 10.5. The largest absolute Gasteiger partial charge is 0.460 e. The average Bonchev–Trinajstić information content (AvgIpc) is 3.32. The van der Waals surface area contributed by atoms with E-state index in [1.807, 2.05) is 58.1 Å². The molecule has 15 heteroatoms. The minimum absolute atomic E-state index is 0.0158. The van der Waals surface area contributed by atoms with Gasteiger partial charge in [-0.3, -0.25) is 19.2 Å². The second kappa shape index (κ2) is 27.3. The molecule has 3 N–H and O–H groups in total. The van der Waals surface area contributed by atoms with E-state index in [9.17, 15) is 39.3 Å². The summed E-state index contributed by atoms with van der Waals surface area (Å²) in [5.41, 5.74) is 1.26. The summed E-state index contributed by atoms with van der Waals surface area (Å²) in [4.78, 5) is 72.1. The SMILES string of the molecule is CO[C@H]1CC2CC[C@@H](C)[C@@](O)(O2)C(=O)C(=O)N2CCCC[C@H]2C(=O)O[C@H]([C@H](C)C[C@@H]2CC[C@@H](OCCO)[C@H](OC)C2)CC(=O)[C@H](C)/C=C(\C)[C@@H](O)[C@@H](OC)C(=O)[C@H](C)C[C@@H](C)\C=C/C=C/C=C/1C. The Kier molecular flexibility index (Phi) is 22.9. The van der Waals surface area contributed by atoms with E-state index in [1.165, 1.54) is 12.0 Å². The number of rotatable bonds is 9. The minimum atomic E-state index is -2.43. The quantitative estimate of drug-likeness (QED) is 0.134. The van der Waals surface area contributed by atoms with Crippen LogP contribution in [-0.2, 0) is 52.4 Å². The van der Waals surface area contributed by atoms with Crippen LogP contribution in [0.2, 0.25) is 0 Å². The van der Waals surface area contributed by atoms with Crippen LogP contribution in [0.3, 0.4) is 0 Å². The summed E-state index contributed by atoms with van der Waals surface area (Å²) >= 11 is 0. The number of hydrogen-bond acceptors (Lipinski definition) is 14. The highest BCUT2D eigenvalue weighted by Crippen LogP contribution is 2.38. The molecule has 0 aromatic heterocycles. The van der Waals surface area contributed by atoms with Crippen molar-refractivity contribution in [1.29, 1.82) is 0 Å². The summed E-state index contributed by atoms with van der Waals surface area (Å²) in [7, 11) is 4.58. The van der Waals surface area contributed by atoms with Crippen molar-refractivity contribution in [2.24, 2.45) is 35.5 Å². The lowest BCUT2D eigenvalue weighted by Gasteiger charge is -2.42. The number of amides is 1. The molecule has 1 aliphatic carbocycles. The molecule has 0 radical (unpaired) electrons. The van der Waals surface area contributed by atoms with Crippen molar-refractivity contribution in [3.63, 3.8) is 0 Å². The van der Waals surface area contributed by atoms with E-state index in [0.29, 0.717) is 63.4 Å². The third kappa shape index (κ3) is 15.3. The van der Waals surface area contributed by atoms with Crippen LogP contribution in [0.1, 0.15) is 126 Å². The van der Waals surface area contributed by atoms with Gasteiger partial charge in [0.05, 0.1) is 37.6 Å². The maximum Gasteiger partial charge on any atom is 0.329 e. The maximum absolute atomic E-state index is 14.5. The van der Waals surface area contributed by atoms with Gasteiger partial charge in [0.15, 0.2) is 5.78 Å². The first-order valence-electron chi connectivity index (χ1n) is 25.0. The summed E-state index contributed by atoms with van der Waals surface area (Å²) in [6.07, 6.45) is 12.0. The molecular weight excluding hydrogens is 875 g/mol. The lowest BCUT2D eigenvalue weighted by Crippen LogP contribution is -2.61. The molecule has 4 aliphatic rings. The van der Waals surface area contributed by atoms with E-state index in [4.69, 9.17) is 28.4 Å². The van der Waals surface area contributed by atoms with Crippen molar-refractivity contribution in [3.05, 3.63) is 47.6 Å². The molecule has 1 unspecified atom stereocenters. The third-order valence-electron chi connectivity index (χ3n) is 14.9. The van der Waals surface area contributed by atoms with Gasteiger partial charge in [0.25, 0.3) is 11.7 Å². The number of fused-ring (bicyclic) bond motifs is 3. The summed E-state index contributed by atoms with van der Waals surface area (Å²) < 4.78 is 35.6. The Balaban J connectivity index is 1.70. The number of ketones is 3. The van der Waals surface area contributed by atoms with Gasteiger partial charge < -0.3 is 48.6 Å². The van der Waals surface area contributed by atoms with Gasteiger partial charge in [-0.2, -0.15) is 0 Å². The van der Waals surface area contributed by atoms with Crippen molar-refractivity contribution in [1.82, 2.24) is 4.90 Å². The summed E-state index contributed by atoms with van der Waals surface area (Å²) in [5, 5.41) is 32.8. The number of carbonyl (C=O) groups excluding carboxylic acids is 5. The van der Waals surface area contributed by atoms with Crippen LogP contribution in [0.4, 0.5) is 0 Å². The van der Waals surface area contributed by atoms with Crippen molar-refractivity contribution in [2.45, 2.75) is 180 Å². The molecule has 1 amide bonds. The van der Waals surface area contributed by atoms with Crippen molar-refractivity contribution in [2.75, 3.05) is 41.1 Å². The molecule has 68 heavy (non-hydrogen) atoms. The molecule has 1 saturated carbocycles. The minimum Gasteiger partial charge on any atom is -0.460 e. The highest BCUT2D eigenvalue weighted by molar-refractivity contribution is 6.39. The van der Waals surface area contributed by atoms with E-state index < -0.39 is 77.8 Å². The van der Waals surface area contributed by atoms with Gasteiger partial charge in [0, 0.05) is 58.5 Å². The predicted molar refractivity (Wildman–Crippen MR) is 256 cm³/mol. The molecule has 3 heterocycles. The topological polar surface area (TPSA) is 205 Å². The van der Waals surface area contributed by atoms with Crippen LogP contribution in [0, 0.1) is 35.5 Å². The number of aliphatic hydroxyl groups is 3. The normalized spacial score (nSPS) is 39.2. The first-order valence-corrected chi connectivity index (χ1v) is 25.0. The molecule has 15 nitrogen and oxygen atoms in total. The van der Waals surface area contributed by atoms with Gasteiger partial charge in [-0.1, -0.05) is 71.1 Å². The Labute approximate surface area is 405 Å². The number of carbonyl (C=O) groups is 5. The maximum atomic E-state index is 14.5. The van der Waals surface area contributed by atoms with Crippen molar-refractivity contribution in [3.8, 4) is 0 Å². The molecule has 4 rings (SSSR count). The van der Waals surface area contributed by atoms with Gasteiger partial charge in [-0.15, -0.1) is 0 Å². The second-order valence-electron chi connectivity index (χ2n) is 20.2. The van der Waals surface area contributed by atoms with Crippen LogP contribution >= 0.6 is 0 Å². The lowest BCUT2D eigenvalue weighted by molar-refractivity contribution is -0.265. The van der Waals surface area contributed by atoms with E-state index in [-0.39, 0.29) is 74.1 Å². The van der Waals surface area contributed by atoms with E-state index >= 15 is 0 Å². The number of piperidine rings is 1. The average molecular weight is 958 g/mol. The molecule has 3 aliphatic heterocycles. The summed E-state index contributed by atoms with van der Waals surface area (Å²) in [6.45, 7) is 12.9. The number of allylic oxidation sites excluding steroid dienone is 6. The molecule has 15 atom stereocenters. The predicted octanol–water partition coefficient (Wildman–Crippen LogP) is 6.20. The summed E-state index contributed by atoms with van der Waals surface area (Å²) in [6, 6.07) is -1.14. The Morgan fingerprint density at radius 2 is 1.59 bits per heavy atom. The zero-order valence-electron chi connectivity index (χ0n) is 42.4. The Morgan fingerprint density at radius 3 is 2.26 bits per heavy atom. The van der Waals surface area contributed by atoms with E-state index in [0.717, 1.165) is 12.0 Å². The molecule has 2 bridgehead atoms. The standard InChI is InChI=1S/C53H83NO14/c1-32-16-12-11-13-17-33(2)44(63-8)30-40-21-19-38(7)53(62,68-40)50(59)51(60)54-23-15-14-18-41(54)52(61)67-45(35(4)28-39-20-22-43(66-25-24-55)46(29-39)64-9)31-42(56)34(3)27-37(6)48(58)49(65-10)47(57)36(5)26-32/h11-13,16-17,27,32,34-36,38-41,43-46,48-49,55,58,62H,14-15,18-26,28-31H2,1-10H3/b13-11+,16-12-,33-17+,37-27+/t32-,34+,35+,36+,38+,39-,40?,41-,43+,44-,45-,46+,48+,49-,53+/m0/s1. The van der Waals surface area contributed by atoms with Gasteiger partial charge >= 0.3 is 5.97 Å². The Hall–Kier alpha value is -3.41. The molecule has 0 aromatic carbocycles. The Morgan fingerprint density at radius 1 is 0.853 bits per heavy atom. The molecule has 0 aromatic rings. The highest BCUT2D eigenvalue weighted by atomic mass is 16.6.